The number of amides is 1. The largest absolute Gasteiger partial charge is 0.396 e. The zero-order valence-electron chi connectivity index (χ0n) is 8.29. The van der Waals surface area contributed by atoms with Crippen molar-refractivity contribution in [3.8, 4) is 0 Å². The number of nitrogens with one attached hydrogen (secondary N) is 1. The van der Waals surface area contributed by atoms with Gasteiger partial charge in [-0.3, -0.25) is 4.79 Å². The number of hydrogen-bond acceptors (Lipinski definition) is 3. The number of carbonyl (C=O) groups is 1. The molecule has 0 spiro atoms. The zero-order valence-corrected chi connectivity index (χ0v) is 9.18. The molecule has 0 aromatic carbocycles. The Balaban J connectivity index is 3.31. The molecule has 2 unspecified atom stereocenters. The van der Waals surface area contributed by atoms with E-state index in [1.807, 2.05) is 6.92 Å². The molecule has 2 atom stereocenters. The summed E-state index contributed by atoms with van der Waals surface area (Å²) < 4.78 is 0. The SMILES string of the molecule is CC(CO)CCCNC(=O)C(C)S. The number of rotatable bonds is 6. The quantitative estimate of drug-likeness (QED) is 0.444. The van der Waals surface area contributed by atoms with Gasteiger partial charge in [0, 0.05) is 13.2 Å². The molecule has 78 valence electrons. The van der Waals surface area contributed by atoms with E-state index in [2.05, 4.69) is 17.9 Å². The van der Waals surface area contributed by atoms with Crippen LogP contribution in [0.15, 0.2) is 0 Å². The smallest absolute Gasteiger partial charge is 0.232 e. The number of thiol groups is 1. The number of hydrogen-bond donors (Lipinski definition) is 3. The van der Waals surface area contributed by atoms with Crippen LogP contribution in [0, 0.1) is 5.92 Å². The lowest BCUT2D eigenvalue weighted by Crippen LogP contribution is -2.30. The first-order chi connectivity index (χ1) is 6.07. The molecule has 0 radical (unpaired) electrons. The molecule has 0 aliphatic heterocycles. The van der Waals surface area contributed by atoms with Crippen LogP contribution in [-0.2, 0) is 4.79 Å². The maximum atomic E-state index is 11.0. The molecule has 0 aliphatic carbocycles. The topological polar surface area (TPSA) is 49.3 Å². The summed E-state index contributed by atoms with van der Waals surface area (Å²) >= 11 is 4.00. The van der Waals surface area contributed by atoms with Crippen molar-refractivity contribution in [3.05, 3.63) is 0 Å². The summed E-state index contributed by atoms with van der Waals surface area (Å²) in [4.78, 5) is 11.0. The Morgan fingerprint density at radius 3 is 2.62 bits per heavy atom. The first-order valence-corrected chi connectivity index (χ1v) is 5.16. The summed E-state index contributed by atoms with van der Waals surface area (Å²) in [5.74, 6) is 0.297. The predicted molar refractivity (Wildman–Crippen MR) is 56.9 cm³/mol. The summed E-state index contributed by atoms with van der Waals surface area (Å²) in [5, 5.41) is 11.3. The van der Waals surface area contributed by atoms with Gasteiger partial charge in [0.2, 0.25) is 5.91 Å². The van der Waals surface area contributed by atoms with Crippen LogP contribution >= 0.6 is 12.6 Å². The third-order valence-electron chi connectivity index (χ3n) is 1.86. The van der Waals surface area contributed by atoms with Crippen molar-refractivity contribution in [1.82, 2.24) is 5.32 Å². The van der Waals surface area contributed by atoms with Gasteiger partial charge in [0.05, 0.1) is 5.25 Å². The first kappa shape index (κ1) is 12.8. The Hall–Kier alpha value is -0.220. The molecule has 0 aliphatic rings. The maximum Gasteiger partial charge on any atom is 0.232 e. The average molecular weight is 205 g/mol. The standard InChI is InChI=1S/C9H19NO2S/c1-7(6-11)4-3-5-10-9(12)8(2)13/h7-8,11,13H,3-6H2,1-2H3,(H,10,12). The van der Waals surface area contributed by atoms with E-state index < -0.39 is 0 Å². The van der Waals surface area contributed by atoms with Crippen LogP contribution in [-0.4, -0.2) is 29.4 Å². The minimum absolute atomic E-state index is 0.0278. The Labute approximate surface area is 85.3 Å². The molecule has 4 heteroatoms. The van der Waals surface area contributed by atoms with Gasteiger partial charge in [0.1, 0.15) is 0 Å². The summed E-state index contributed by atoms with van der Waals surface area (Å²) in [5.41, 5.74) is 0. The van der Waals surface area contributed by atoms with Crippen LogP contribution in [0.5, 0.6) is 0 Å². The molecule has 1 amide bonds. The van der Waals surface area contributed by atoms with Gasteiger partial charge in [0.15, 0.2) is 0 Å². The van der Waals surface area contributed by atoms with Gasteiger partial charge in [-0.25, -0.2) is 0 Å². The zero-order chi connectivity index (χ0) is 10.3. The van der Waals surface area contributed by atoms with E-state index in [0.717, 1.165) is 12.8 Å². The molecule has 0 heterocycles. The molecule has 0 bridgehead atoms. The molecule has 0 saturated heterocycles. The number of aliphatic hydroxyl groups excluding tert-OH is 1. The van der Waals surface area contributed by atoms with Crippen LogP contribution in [0.1, 0.15) is 26.7 Å². The van der Waals surface area contributed by atoms with Crippen molar-refractivity contribution >= 4 is 18.5 Å². The Kier molecular flexibility index (Phi) is 7.09. The van der Waals surface area contributed by atoms with Crippen molar-refractivity contribution in [3.63, 3.8) is 0 Å². The van der Waals surface area contributed by atoms with Crippen LogP contribution < -0.4 is 5.32 Å². The first-order valence-electron chi connectivity index (χ1n) is 4.64. The predicted octanol–water partition coefficient (Wildman–Crippen LogP) is 0.829. The highest BCUT2D eigenvalue weighted by Crippen LogP contribution is 2.02. The highest BCUT2D eigenvalue weighted by atomic mass is 32.1. The van der Waals surface area contributed by atoms with Gasteiger partial charge in [-0.15, -0.1) is 0 Å². The van der Waals surface area contributed by atoms with Gasteiger partial charge in [-0.1, -0.05) is 6.92 Å². The molecule has 0 rings (SSSR count). The van der Waals surface area contributed by atoms with Crippen molar-refractivity contribution in [2.45, 2.75) is 31.9 Å². The van der Waals surface area contributed by atoms with Gasteiger partial charge < -0.3 is 10.4 Å². The van der Waals surface area contributed by atoms with E-state index in [0.29, 0.717) is 12.5 Å². The van der Waals surface area contributed by atoms with Crippen molar-refractivity contribution in [2.24, 2.45) is 5.92 Å². The lowest BCUT2D eigenvalue weighted by Gasteiger charge is -2.09. The van der Waals surface area contributed by atoms with Crippen LogP contribution in [0.3, 0.4) is 0 Å². The fraction of sp³-hybridized carbons (Fsp3) is 0.889. The monoisotopic (exact) mass is 205 g/mol. The minimum atomic E-state index is -0.240. The second kappa shape index (κ2) is 7.21. The number of carbonyl (C=O) groups excluding carboxylic acids is 1. The Morgan fingerprint density at radius 2 is 2.15 bits per heavy atom. The number of aliphatic hydroxyl groups is 1. The van der Waals surface area contributed by atoms with Crippen molar-refractivity contribution < 1.29 is 9.90 Å². The average Bonchev–Trinajstić information content (AvgIpc) is 2.11. The molecular weight excluding hydrogens is 186 g/mol. The van der Waals surface area contributed by atoms with E-state index in [1.54, 1.807) is 6.92 Å². The summed E-state index contributed by atoms with van der Waals surface area (Å²) in [6.45, 7) is 4.63. The van der Waals surface area contributed by atoms with Crippen LogP contribution in [0.4, 0.5) is 0 Å². The molecular formula is C9H19NO2S. The van der Waals surface area contributed by atoms with E-state index in [9.17, 15) is 4.79 Å². The highest BCUT2D eigenvalue weighted by Gasteiger charge is 2.06. The highest BCUT2D eigenvalue weighted by molar-refractivity contribution is 7.81. The third-order valence-corrected chi connectivity index (χ3v) is 2.10. The van der Waals surface area contributed by atoms with E-state index >= 15 is 0 Å². The molecule has 0 saturated carbocycles. The molecule has 0 aromatic heterocycles. The summed E-state index contributed by atoms with van der Waals surface area (Å²) in [6.07, 6.45) is 1.85. The maximum absolute atomic E-state index is 11.0. The normalized spacial score (nSPS) is 15.1. The van der Waals surface area contributed by atoms with Crippen LogP contribution in [0.25, 0.3) is 0 Å². The van der Waals surface area contributed by atoms with E-state index in [-0.39, 0.29) is 17.8 Å². The fourth-order valence-electron chi connectivity index (χ4n) is 0.901. The molecule has 13 heavy (non-hydrogen) atoms. The minimum Gasteiger partial charge on any atom is -0.396 e. The second-order valence-electron chi connectivity index (χ2n) is 3.40. The lowest BCUT2D eigenvalue weighted by molar-refractivity contribution is -0.120. The third kappa shape index (κ3) is 6.90. The molecule has 0 fully saturated rings. The van der Waals surface area contributed by atoms with E-state index in [4.69, 9.17) is 5.11 Å². The second-order valence-corrected chi connectivity index (χ2v) is 4.17. The van der Waals surface area contributed by atoms with Gasteiger partial charge in [-0.05, 0) is 25.7 Å². The lowest BCUT2D eigenvalue weighted by atomic mass is 10.1. The Bertz CT molecular complexity index is 151. The van der Waals surface area contributed by atoms with E-state index in [1.165, 1.54) is 0 Å². The van der Waals surface area contributed by atoms with Gasteiger partial charge in [-0.2, -0.15) is 12.6 Å². The van der Waals surface area contributed by atoms with Gasteiger partial charge in [0.25, 0.3) is 0 Å². The molecule has 0 aromatic rings. The van der Waals surface area contributed by atoms with Gasteiger partial charge >= 0.3 is 0 Å². The van der Waals surface area contributed by atoms with Crippen LogP contribution in [0.2, 0.25) is 0 Å². The fourth-order valence-corrected chi connectivity index (χ4v) is 0.992. The van der Waals surface area contributed by atoms with Crippen molar-refractivity contribution in [1.29, 1.82) is 0 Å². The summed E-state index contributed by atoms with van der Waals surface area (Å²) in [6, 6.07) is 0. The van der Waals surface area contributed by atoms with Crippen molar-refractivity contribution in [2.75, 3.05) is 13.2 Å². The molecule has 2 N–H and O–H groups in total. The summed E-state index contributed by atoms with van der Waals surface area (Å²) in [7, 11) is 0. The Morgan fingerprint density at radius 1 is 1.54 bits per heavy atom. The molecule has 3 nitrogen and oxygen atoms in total.